The number of carboxylic acid groups (broad SMARTS) is 1. The maximum Gasteiger partial charge on any atom is 0.303 e. The first-order chi connectivity index (χ1) is 7.99. The monoisotopic (exact) mass is 262 g/mol. The third kappa shape index (κ3) is 5.27. The third-order valence-corrected chi connectivity index (χ3v) is 4.12. The fraction of sp³-hybridized carbons (Fsp3) is 0.800. The Balaban J connectivity index is 2.28. The number of hydrogen-bond donors (Lipinski definition) is 3. The summed E-state index contributed by atoms with van der Waals surface area (Å²) in [6.07, 6.45) is 1.43. The predicted molar refractivity (Wildman–Crippen MR) is 63.9 cm³/mol. The second-order valence-electron chi connectivity index (χ2n) is 4.17. The lowest BCUT2D eigenvalue weighted by Gasteiger charge is -2.24. The fourth-order valence-corrected chi connectivity index (χ4v) is 2.96. The number of carbonyl (C=O) groups excluding carboxylic acids is 1. The van der Waals surface area contributed by atoms with E-state index in [4.69, 9.17) is 10.8 Å². The molecule has 1 saturated heterocycles. The first kappa shape index (κ1) is 14.1. The van der Waals surface area contributed by atoms with Gasteiger partial charge in [-0.2, -0.15) is 0 Å². The van der Waals surface area contributed by atoms with E-state index >= 15 is 0 Å². The molecule has 0 aliphatic carbocycles. The zero-order valence-electron chi connectivity index (χ0n) is 9.55. The van der Waals surface area contributed by atoms with E-state index in [0.29, 0.717) is 24.3 Å². The van der Waals surface area contributed by atoms with Crippen LogP contribution < -0.4 is 11.1 Å². The van der Waals surface area contributed by atoms with Crippen molar-refractivity contribution >= 4 is 22.7 Å². The summed E-state index contributed by atoms with van der Waals surface area (Å²) >= 11 is 0. The molecular weight excluding hydrogens is 244 g/mol. The molecule has 1 aliphatic rings. The van der Waals surface area contributed by atoms with Gasteiger partial charge >= 0.3 is 5.97 Å². The van der Waals surface area contributed by atoms with Gasteiger partial charge in [-0.25, -0.2) is 0 Å². The zero-order chi connectivity index (χ0) is 12.8. The minimum Gasteiger partial charge on any atom is -0.481 e. The quantitative estimate of drug-likeness (QED) is 0.601. The predicted octanol–water partition coefficient (Wildman–Crippen LogP) is -0.794. The lowest BCUT2D eigenvalue weighted by Crippen LogP contribution is -2.47. The number of carbonyl (C=O) groups is 2. The minimum atomic E-state index is -0.957. The van der Waals surface area contributed by atoms with Crippen LogP contribution in [0.25, 0.3) is 0 Å². The van der Waals surface area contributed by atoms with Crippen LogP contribution in [-0.2, 0) is 20.4 Å². The summed E-state index contributed by atoms with van der Waals surface area (Å²) in [4.78, 5) is 21.9. The lowest BCUT2D eigenvalue weighted by atomic mass is 10.1. The van der Waals surface area contributed by atoms with Gasteiger partial charge in [0.15, 0.2) is 0 Å². The maximum atomic E-state index is 11.6. The van der Waals surface area contributed by atoms with Crippen molar-refractivity contribution < 1.29 is 18.9 Å². The average molecular weight is 262 g/mol. The second kappa shape index (κ2) is 6.70. The van der Waals surface area contributed by atoms with Gasteiger partial charge < -0.3 is 16.2 Å². The Bertz CT molecular complexity index is 311. The molecule has 0 saturated carbocycles. The van der Waals surface area contributed by atoms with Crippen LogP contribution in [-0.4, -0.2) is 44.8 Å². The molecule has 6 nitrogen and oxygen atoms in total. The topological polar surface area (TPSA) is 109 Å². The van der Waals surface area contributed by atoms with E-state index in [0.717, 1.165) is 0 Å². The highest BCUT2D eigenvalue weighted by molar-refractivity contribution is 7.85. The van der Waals surface area contributed by atoms with Gasteiger partial charge in [0, 0.05) is 34.8 Å². The number of carboxylic acids is 1. The van der Waals surface area contributed by atoms with E-state index in [9.17, 15) is 13.8 Å². The normalized spacial score (nSPS) is 26.2. The fourth-order valence-electron chi connectivity index (χ4n) is 1.66. The summed E-state index contributed by atoms with van der Waals surface area (Å²) in [5.74, 6) is -0.0600. The Labute approximate surface area is 102 Å². The summed E-state index contributed by atoms with van der Waals surface area (Å²) < 4.78 is 11.1. The number of aliphatic carboxylic acids is 1. The number of hydrogen-bond acceptors (Lipinski definition) is 4. The van der Waals surface area contributed by atoms with Crippen molar-refractivity contribution in [1.29, 1.82) is 0 Å². The van der Waals surface area contributed by atoms with Crippen LogP contribution in [0, 0.1) is 0 Å². The van der Waals surface area contributed by atoms with E-state index in [2.05, 4.69) is 5.32 Å². The molecule has 98 valence electrons. The number of amides is 1. The molecule has 1 aliphatic heterocycles. The van der Waals surface area contributed by atoms with Gasteiger partial charge in [-0.15, -0.1) is 0 Å². The van der Waals surface area contributed by atoms with Crippen LogP contribution in [0.2, 0.25) is 0 Å². The highest BCUT2D eigenvalue weighted by Crippen LogP contribution is 2.09. The summed E-state index contributed by atoms with van der Waals surface area (Å²) in [5, 5.41) is 11.2. The molecule has 0 aromatic heterocycles. The number of nitrogens with one attached hydrogen (secondary N) is 1. The number of nitrogens with two attached hydrogens (primary N) is 1. The Morgan fingerprint density at radius 1 is 1.41 bits per heavy atom. The summed E-state index contributed by atoms with van der Waals surface area (Å²) in [6.45, 7) is 0. The van der Waals surface area contributed by atoms with Gasteiger partial charge in [0.25, 0.3) is 0 Å². The molecule has 1 heterocycles. The van der Waals surface area contributed by atoms with E-state index < -0.39 is 22.8 Å². The molecule has 0 aromatic rings. The smallest absolute Gasteiger partial charge is 0.303 e. The molecule has 17 heavy (non-hydrogen) atoms. The average Bonchev–Trinajstić information content (AvgIpc) is 2.28. The summed E-state index contributed by atoms with van der Waals surface area (Å²) in [5.41, 5.74) is 5.57. The van der Waals surface area contributed by atoms with Crippen molar-refractivity contribution in [3.05, 3.63) is 0 Å². The van der Waals surface area contributed by atoms with Gasteiger partial charge in [-0.1, -0.05) is 0 Å². The highest BCUT2D eigenvalue weighted by atomic mass is 32.2. The lowest BCUT2D eigenvalue weighted by molar-refractivity contribution is -0.137. The van der Waals surface area contributed by atoms with Crippen molar-refractivity contribution in [3.8, 4) is 0 Å². The molecule has 1 rings (SSSR count). The SMILES string of the molecule is NC(CCC(=O)O)C(=O)NC1CCS(=O)CC1. The molecule has 4 N–H and O–H groups in total. The van der Waals surface area contributed by atoms with Gasteiger partial charge in [-0.3, -0.25) is 13.8 Å². The van der Waals surface area contributed by atoms with Crippen molar-refractivity contribution in [1.82, 2.24) is 5.32 Å². The Kier molecular flexibility index (Phi) is 5.57. The second-order valence-corrected chi connectivity index (χ2v) is 5.87. The molecule has 7 heteroatoms. The first-order valence-corrected chi connectivity index (χ1v) is 7.10. The highest BCUT2D eigenvalue weighted by Gasteiger charge is 2.22. The zero-order valence-corrected chi connectivity index (χ0v) is 10.4. The molecule has 0 radical (unpaired) electrons. The van der Waals surface area contributed by atoms with Crippen LogP contribution in [0.3, 0.4) is 0 Å². The van der Waals surface area contributed by atoms with Crippen LogP contribution in [0.5, 0.6) is 0 Å². The molecule has 1 amide bonds. The standard InChI is InChI=1S/C10H18N2O4S/c11-8(1-2-9(13)14)10(15)12-7-3-5-17(16)6-4-7/h7-8H,1-6,11H2,(H,12,15)(H,13,14). The third-order valence-electron chi connectivity index (χ3n) is 2.74. The Morgan fingerprint density at radius 3 is 2.53 bits per heavy atom. The first-order valence-electron chi connectivity index (χ1n) is 5.61. The van der Waals surface area contributed by atoms with Gasteiger partial charge in [0.2, 0.25) is 5.91 Å². The molecule has 0 bridgehead atoms. The summed E-state index contributed by atoms with van der Waals surface area (Å²) in [6, 6.07) is -0.755. The summed E-state index contributed by atoms with van der Waals surface area (Å²) in [7, 11) is -0.756. The maximum absolute atomic E-state index is 11.6. The molecular formula is C10H18N2O4S. The van der Waals surface area contributed by atoms with E-state index in [1.54, 1.807) is 0 Å². The minimum absolute atomic E-state index is 0.0241. The van der Waals surface area contributed by atoms with Crippen molar-refractivity contribution in [2.75, 3.05) is 11.5 Å². The van der Waals surface area contributed by atoms with E-state index in [-0.39, 0.29) is 24.8 Å². The largest absolute Gasteiger partial charge is 0.481 e. The molecule has 0 aromatic carbocycles. The van der Waals surface area contributed by atoms with Gasteiger partial charge in [0.1, 0.15) is 0 Å². The van der Waals surface area contributed by atoms with E-state index in [1.807, 2.05) is 0 Å². The molecule has 0 spiro atoms. The van der Waals surface area contributed by atoms with Crippen LogP contribution in [0.4, 0.5) is 0 Å². The van der Waals surface area contributed by atoms with Gasteiger partial charge in [-0.05, 0) is 19.3 Å². The molecule has 1 atom stereocenters. The molecule has 1 unspecified atom stereocenters. The number of rotatable bonds is 5. The van der Waals surface area contributed by atoms with Gasteiger partial charge in [0.05, 0.1) is 6.04 Å². The Morgan fingerprint density at radius 2 is 2.00 bits per heavy atom. The van der Waals surface area contributed by atoms with Crippen LogP contribution in [0.1, 0.15) is 25.7 Å². The van der Waals surface area contributed by atoms with Crippen molar-refractivity contribution in [3.63, 3.8) is 0 Å². The van der Waals surface area contributed by atoms with Crippen molar-refractivity contribution in [2.45, 2.75) is 37.8 Å². The Hall–Kier alpha value is -0.950. The van der Waals surface area contributed by atoms with E-state index in [1.165, 1.54) is 0 Å². The molecule has 1 fully saturated rings. The van der Waals surface area contributed by atoms with Crippen LogP contribution in [0.15, 0.2) is 0 Å². The van der Waals surface area contributed by atoms with Crippen molar-refractivity contribution in [2.24, 2.45) is 5.73 Å². The van der Waals surface area contributed by atoms with Crippen LogP contribution >= 0.6 is 0 Å².